The van der Waals surface area contributed by atoms with Crippen molar-refractivity contribution in [3.8, 4) is 11.5 Å². The minimum Gasteiger partial charge on any atom is -0.481 e. The number of methoxy groups -OCH3 is 1. The molecule has 1 aliphatic heterocycles. The van der Waals surface area contributed by atoms with Gasteiger partial charge >= 0.3 is 17.9 Å². The van der Waals surface area contributed by atoms with E-state index in [2.05, 4.69) is 0 Å². The van der Waals surface area contributed by atoms with Crippen LogP contribution in [0.15, 0.2) is 0 Å². The fraction of sp³-hybridized carbons (Fsp3) is 0.727. The molecule has 0 spiro atoms. The Labute approximate surface area is 277 Å². The molecule has 47 heavy (non-hydrogen) atoms. The summed E-state index contributed by atoms with van der Waals surface area (Å²) in [4.78, 5) is 36.0. The van der Waals surface area contributed by atoms with Crippen LogP contribution < -0.4 is 9.47 Å². The molecule has 0 bridgehead atoms. The van der Waals surface area contributed by atoms with Crippen LogP contribution in [0, 0.1) is 20.8 Å². The van der Waals surface area contributed by atoms with Crippen molar-refractivity contribution in [3.05, 3.63) is 22.3 Å². The first-order chi connectivity index (χ1) is 22.6. The van der Waals surface area contributed by atoms with Gasteiger partial charge in [0.2, 0.25) is 5.60 Å². The lowest BCUT2D eigenvalue weighted by atomic mass is 9.87. The second-order valence-corrected chi connectivity index (χ2v) is 11.0. The molecule has 0 aromatic heterocycles. The minimum absolute atomic E-state index is 0.0726. The average Bonchev–Trinajstić information content (AvgIpc) is 3.05. The van der Waals surface area contributed by atoms with E-state index in [4.69, 9.17) is 52.5 Å². The van der Waals surface area contributed by atoms with Crippen molar-refractivity contribution in [2.24, 2.45) is 0 Å². The zero-order valence-corrected chi connectivity index (χ0v) is 28.5. The maximum absolute atomic E-state index is 13.0. The Balaban J connectivity index is 1.55. The van der Waals surface area contributed by atoms with E-state index in [1.807, 2.05) is 13.8 Å². The van der Waals surface area contributed by atoms with Crippen LogP contribution in [0.3, 0.4) is 0 Å². The van der Waals surface area contributed by atoms with E-state index < -0.39 is 23.5 Å². The number of carboxylic acid groups (broad SMARTS) is 1. The number of ether oxygens (including phenoxy) is 10. The third kappa shape index (κ3) is 14.8. The SMILES string of the molecule is COCCOCCOCCOCCOCCOCCOCCOC(=O)[C@]1(C)CCc2c(C)c(OC(=O)CCC(=O)O)c(C)c(C)c2O1. The lowest BCUT2D eigenvalue weighted by molar-refractivity contribution is -0.164. The van der Waals surface area contributed by atoms with Gasteiger partial charge in [-0.05, 0) is 50.8 Å². The topological polar surface area (TPSA) is 164 Å². The van der Waals surface area contributed by atoms with E-state index in [-0.39, 0.29) is 26.1 Å². The predicted molar refractivity (Wildman–Crippen MR) is 168 cm³/mol. The summed E-state index contributed by atoms with van der Waals surface area (Å²) in [6.45, 7) is 13.1. The summed E-state index contributed by atoms with van der Waals surface area (Å²) in [5, 5.41) is 8.84. The number of rotatable bonds is 26. The molecule has 1 heterocycles. The van der Waals surface area contributed by atoms with Crippen molar-refractivity contribution in [2.45, 2.75) is 59.0 Å². The van der Waals surface area contributed by atoms with Gasteiger partial charge in [0.05, 0.1) is 98.7 Å². The number of carboxylic acids is 1. The Morgan fingerprint density at radius 1 is 0.681 bits per heavy atom. The molecule has 0 unspecified atom stereocenters. The fourth-order valence-electron chi connectivity index (χ4n) is 4.60. The quantitative estimate of drug-likeness (QED) is 0.0868. The maximum atomic E-state index is 13.0. The Morgan fingerprint density at radius 3 is 1.62 bits per heavy atom. The van der Waals surface area contributed by atoms with Gasteiger partial charge in [-0.2, -0.15) is 0 Å². The van der Waals surface area contributed by atoms with Gasteiger partial charge in [-0.15, -0.1) is 0 Å². The van der Waals surface area contributed by atoms with Crippen LogP contribution in [0.4, 0.5) is 0 Å². The molecular formula is C33H52O14. The molecule has 14 heteroatoms. The van der Waals surface area contributed by atoms with Gasteiger partial charge in [0.15, 0.2) is 0 Å². The Kier molecular flexibility index (Phi) is 19.5. The zero-order valence-electron chi connectivity index (χ0n) is 28.5. The van der Waals surface area contributed by atoms with Gasteiger partial charge in [-0.25, -0.2) is 4.79 Å². The summed E-state index contributed by atoms with van der Waals surface area (Å²) in [6, 6.07) is 0. The molecule has 0 amide bonds. The highest BCUT2D eigenvalue weighted by Gasteiger charge is 2.42. The number of aliphatic carboxylic acids is 1. The predicted octanol–water partition coefficient (Wildman–Crippen LogP) is 2.75. The number of esters is 2. The largest absolute Gasteiger partial charge is 0.481 e. The number of fused-ring (bicyclic) bond motifs is 1. The number of carbonyl (C=O) groups excluding carboxylic acids is 2. The molecule has 268 valence electrons. The highest BCUT2D eigenvalue weighted by atomic mass is 16.6. The summed E-state index contributed by atoms with van der Waals surface area (Å²) in [5.74, 6) is -1.19. The van der Waals surface area contributed by atoms with Crippen LogP contribution in [0.5, 0.6) is 11.5 Å². The molecule has 0 saturated carbocycles. The molecule has 1 aliphatic rings. The number of carbonyl (C=O) groups is 3. The molecule has 0 aliphatic carbocycles. The lowest BCUT2D eigenvalue weighted by Crippen LogP contribution is -2.46. The van der Waals surface area contributed by atoms with Crippen LogP contribution in [0.1, 0.15) is 48.4 Å². The second-order valence-electron chi connectivity index (χ2n) is 11.0. The Morgan fingerprint density at radius 2 is 1.15 bits per heavy atom. The van der Waals surface area contributed by atoms with Crippen LogP contribution >= 0.6 is 0 Å². The number of hydrogen-bond donors (Lipinski definition) is 1. The van der Waals surface area contributed by atoms with Crippen LogP contribution in [0.25, 0.3) is 0 Å². The van der Waals surface area contributed by atoms with E-state index in [1.54, 1.807) is 21.0 Å². The normalized spacial score (nSPS) is 15.6. The van der Waals surface area contributed by atoms with Crippen molar-refractivity contribution in [1.29, 1.82) is 0 Å². The summed E-state index contributed by atoms with van der Waals surface area (Å²) in [6.07, 6.45) is 0.359. The lowest BCUT2D eigenvalue weighted by Gasteiger charge is -2.36. The summed E-state index contributed by atoms with van der Waals surface area (Å²) in [7, 11) is 1.63. The van der Waals surface area contributed by atoms with E-state index in [1.165, 1.54) is 0 Å². The van der Waals surface area contributed by atoms with Crippen molar-refractivity contribution in [2.75, 3.05) is 99.6 Å². The molecule has 0 saturated heterocycles. The Hall–Kier alpha value is -2.85. The monoisotopic (exact) mass is 672 g/mol. The zero-order chi connectivity index (χ0) is 34.5. The molecule has 14 nitrogen and oxygen atoms in total. The molecule has 1 aromatic rings. The van der Waals surface area contributed by atoms with Crippen LogP contribution in [0.2, 0.25) is 0 Å². The summed E-state index contributed by atoms with van der Waals surface area (Å²) in [5.41, 5.74) is 1.82. The average molecular weight is 673 g/mol. The van der Waals surface area contributed by atoms with Gasteiger partial charge in [0.1, 0.15) is 18.1 Å². The van der Waals surface area contributed by atoms with E-state index >= 15 is 0 Å². The third-order valence-electron chi connectivity index (χ3n) is 7.43. The first-order valence-corrected chi connectivity index (χ1v) is 16.0. The molecule has 0 fully saturated rings. The molecule has 0 radical (unpaired) electrons. The first kappa shape index (κ1) is 40.3. The summed E-state index contributed by atoms with van der Waals surface area (Å²) >= 11 is 0. The molecule has 1 atom stereocenters. The second kappa shape index (κ2) is 22.7. The van der Waals surface area contributed by atoms with Gasteiger partial charge < -0.3 is 52.5 Å². The van der Waals surface area contributed by atoms with Crippen molar-refractivity contribution >= 4 is 17.9 Å². The minimum atomic E-state index is -1.18. The molecule has 1 aromatic carbocycles. The third-order valence-corrected chi connectivity index (χ3v) is 7.43. The molecule has 1 N–H and O–H groups in total. The molecular weight excluding hydrogens is 620 g/mol. The highest BCUT2D eigenvalue weighted by Crippen LogP contribution is 2.44. The maximum Gasteiger partial charge on any atom is 0.350 e. The van der Waals surface area contributed by atoms with Gasteiger partial charge in [0.25, 0.3) is 0 Å². The van der Waals surface area contributed by atoms with E-state index in [0.717, 1.165) is 16.7 Å². The van der Waals surface area contributed by atoms with Crippen LogP contribution in [-0.2, 0) is 58.7 Å². The van der Waals surface area contributed by atoms with Crippen molar-refractivity contribution in [1.82, 2.24) is 0 Å². The Bertz CT molecular complexity index is 1110. The fourth-order valence-corrected chi connectivity index (χ4v) is 4.60. The van der Waals surface area contributed by atoms with Gasteiger partial charge in [0, 0.05) is 19.1 Å². The first-order valence-electron chi connectivity index (χ1n) is 16.0. The standard InChI is InChI=1S/C33H52O14/c1-24-25(2)31-27(26(3)30(24)46-29(36)7-6-28(34)35)8-9-33(4,47-31)32(37)45-23-22-44-21-20-43-19-18-42-17-16-41-15-14-40-13-12-39-11-10-38-5/h6-23H2,1-5H3,(H,34,35)/t33-/m0/s1. The van der Waals surface area contributed by atoms with Gasteiger partial charge in [-0.1, -0.05) is 0 Å². The summed E-state index contributed by atoms with van der Waals surface area (Å²) < 4.78 is 54.7. The highest BCUT2D eigenvalue weighted by molar-refractivity contribution is 5.81. The van der Waals surface area contributed by atoms with Crippen molar-refractivity contribution < 1.29 is 66.9 Å². The van der Waals surface area contributed by atoms with E-state index in [0.29, 0.717) is 109 Å². The molecule has 2 rings (SSSR count). The van der Waals surface area contributed by atoms with Gasteiger partial charge in [-0.3, -0.25) is 9.59 Å². The van der Waals surface area contributed by atoms with E-state index in [9.17, 15) is 14.4 Å². The number of hydrogen-bond acceptors (Lipinski definition) is 13. The number of benzene rings is 1. The smallest absolute Gasteiger partial charge is 0.350 e. The van der Waals surface area contributed by atoms with Crippen molar-refractivity contribution in [3.63, 3.8) is 0 Å². The van der Waals surface area contributed by atoms with Crippen LogP contribution in [-0.4, -0.2) is 128 Å².